The van der Waals surface area contributed by atoms with Crippen LogP contribution in [0.15, 0.2) is 48.5 Å². The molecule has 8 heteroatoms. The number of fused-ring (bicyclic) bond motifs is 1. The van der Waals surface area contributed by atoms with Crippen LogP contribution in [0.5, 0.6) is 5.75 Å². The maximum absolute atomic E-state index is 13.3. The van der Waals surface area contributed by atoms with Gasteiger partial charge in [-0.3, -0.25) is 10.1 Å². The summed E-state index contributed by atoms with van der Waals surface area (Å²) in [5.41, 5.74) is -0.271. The number of carbonyl (C=O) groups excluding carboxylic acids is 1. The second-order valence-electron chi connectivity index (χ2n) is 9.49. The largest absolute Gasteiger partial charge is 0.484 e. The van der Waals surface area contributed by atoms with Crippen LogP contribution in [-0.4, -0.2) is 44.8 Å². The molecule has 0 radical (unpaired) electrons. The summed E-state index contributed by atoms with van der Waals surface area (Å²) in [6, 6.07) is 13.9. The van der Waals surface area contributed by atoms with Crippen LogP contribution in [-0.2, 0) is 11.2 Å². The lowest BCUT2D eigenvalue weighted by molar-refractivity contribution is -0.385. The molecular formula is C24H30N2O6. The molecule has 2 aromatic rings. The SMILES string of the molecule is CC1(C)Oc2cc([N+](=O)[O-])ccc2[C@H](OC(=O)N(CCc2ccccc2)C(C)(C)C)[C@H]1O. The summed E-state index contributed by atoms with van der Waals surface area (Å²) in [6.07, 6.45) is -2.10. The number of hydrogen-bond donors (Lipinski definition) is 1. The standard InChI is InChI=1S/C24H30N2O6/c1-23(2,3)25(14-13-16-9-7-6-8-10-16)22(28)31-20-18-12-11-17(26(29)30)15-19(18)32-24(4,5)21(20)27/h6-12,15,20-21,27H,13-14H2,1-5H3/t20-,21+/m0/s1. The van der Waals surface area contributed by atoms with Crippen LogP contribution in [0.2, 0.25) is 0 Å². The Balaban J connectivity index is 1.87. The molecule has 2 atom stereocenters. The van der Waals surface area contributed by atoms with Crippen LogP contribution in [0.25, 0.3) is 0 Å². The average Bonchev–Trinajstić information content (AvgIpc) is 2.70. The van der Waals surface area contributed by atoms with Crippen LogP contribution >= 0.6 is 0 Å². The van der Waals surface area contributed by atoms with Gasteiger partial charge in [-0.1, -0.05) is 30.3 Å². The maximum Gasteiger partial charge on any atom is 0.410 e. The van der Waals surface area contributed by atoms with E-state index < -0.39 is 34.4 Å². The fraction of sp³-hybridized carbons (Fsp3) is 0.458. The first kappa shape index (κ1) is 23.5. The summed E-state index contributed by atoms with van der Waals surface area (Å²) in [5, 5.41) is 22.1. The molecule has 0 bridgehead atoms. The molecule has 1 amide bonds. The monoisotopic (exact) mass is 442 g/mol. The summed E-state index contributed by atoms with van der Waals surface area (Å²) in [4.78, 5) is 25.5. The second-order valence-corrected chi connectivity index (χ2v) is 9.49. The second kappa shape index (κ2) is 8.78. The Hall–Kier alpha value is -3.13. The highest BCUT2D eigenvalue weighted by molar-refractivity contribution is 5.69. The van der Waals surface area contributed by atoms with Crippen molar-refractivity contribution >= 4 is 11.8 Å². The van der Waals surface area contributed by atoms with Gasteiger partial charge in [0.1, 0.15) is 17.5 Å². The summed E-state index contributed by atoms with van der Waals surface area (Å²) in [7, 11) is 0. The molecular weight excluding hydrogens is 412 g/mol. The van der Waals surface area contributed by atoms with Crippen molar-refractivity contribution in [1.29, 1.82) is 0 Å². The Labute approximate surface area is 187 Å². The van der Waals surface area contributed by atoms with Crippen molar-refractivity contribution in [1.82, 2.24) is 4.90 Å². The van der Waals surface area contributed by atoms with Crippen LogP contribution in [0.1, 0.15) is 51.8 Å². The van der Waals surface area contributed by atoms with E-state index in [1.54, 1.807) is 18.7 Å². The Morgan fingerprint density at radius 1 is 1.22 bits per heavy atom. The van der Waals surface area contributed by atoms with Crippen molar-refractivity contribution in [2.45, 2.75) is 64.4 Å². The first-order valence-electron chi connectivity index (χ1n) is 10.6. The average molecular weight is 443 g/mol. The Morgan fingerprint density at radius 3 is 2.47 bits per heavy atom. The number of rotatable bonds is 5. The maximum atomic E-state index is 13.3. The zero-order valence-corrected chi connectivity index (χ0v) is 19.1. The number of carbonyl (C=O) groups is 1. The number of nitro benzene ring substituents is 1. The van der Waals surface area contributed by atoms with E-state index in [1.165, 1.54) is 18.2 Å². The quantitative estimate of drug-likeness (QED) is 0.534. The zero-order chi connectivity index (χ0) is 23.7. The first-order chi connectivity index (χ1) is 14.9. The van der Waals surface area contributed by atoms with Crippen LogP contribution in [0.3, 0.4) is 0 Å². The van der Waals surface area contributed by atoms with Gasteiger partial charge in [0.2, 0.25) is 0 Å². The molecule has 0 aromatic heterocycles. The Morgan fingerprint density at radius 2 is 1.88 bits per heavy atom. The minimum atomic E-state index is -1.16. The molecule has 1 N–H and O–H groups in total. The molecule has 8 nitrogen and oxygen atoms in total. The minimum absolute atomic E-state index is 0.139. The number of benzene rings is 2. The van der Waals surface area contributed by atoms with Gasteiger partial charge in [0, 0.05) is 23.7 Å². The predicted molar refractivity (Wildman–Crippen MR) is 120 cm³/mol. The van der Waals surface area contributed by atoms with Crippen molar-refractivity contribution in [2.75, 3.05) is 6.54 Å². The Bertz CT molecular complexity index is 984. The topological polar surface area (TPSA) is 102 Å². The van der Waals surface area contributed by atoms with E-state index in [2.05, 4.69) is 0 Å². The van der Waals surface area contributed by atoms with E-state index in [4.69, 9.17) is 9.47 Å². The van der Waals surface area contributed by atoms with Crippen LogP contribution in [0.4, 0.5) is 10.5 Å². The van der Waals surface area contributed by atoms with E-state index >= 15 is 0 Å². The number of hydrogen-bond acceptors (Lipinski definition) is 6. The third-order valence-corrected chi connectivity index (χ3v) is 5.61. The number of amides is 1. The fourth-order valence-electron chi connectivity index (χ4n) is 3.72. The molecule has 2 aromatic carbocycles. The van der Waals surface area contributed by atoms with Gasteiger partial charge >= 0.3 is 6.09 Å². The van der Waals surface area contributed by atoms with Crippen LogP contribution < -0.4 is 4.74 Å². The zero-order valence-electron chi connectivity index (χ0n) is 19.1. The molecule has 32 heavy (non-hydrogen) atoms. The molecule has 0 unspecified atom stereocenters. The van der Waals surface area contributed by atoms with Gasteiger partial charge in [-0.2, -0.15) is 0 Å². The molecule has 1 heterocycles. The lowest BCUT2D eigenvalue weighted by Gasteiger charge is -2.43. The highest BCUT2D eigenvalue weighted by Crippen LogP contribution is 2.43. The molecule has 0 spiro atoms. The van der Waals surface area contributed by atoms with Gasteiger partial charge in [0.15, 0.2) is 6.10 Å². The predicted octanol–water partition coefficient (Wildman–Crippen LogP) is 4.65. The molecule has 1 aliphatic rings. The van der Waals surface area contributed by atoms with E-state index in [9.17, 15) is 20.0 Å². The molecule has 172 valence electrons. The van der Waals surface area contributed by atoms with E-state index in [0.29, 0.717) is 18.5 Å². The smallest absolute Gasteiger partial charge is 0.410 e. The lowest BCUT2D eigenvalue weighted by Crippen LogP contribution is -2.52. The van der Waals surface area contributed by atoms with Gasteiger partial charge in [-0.25, -0.2) is 4.79 Å². The van der Waals surface area contributed by atoms with E-state index in [-0.39, 0.29) is 11.4 Å². The number of nitrogens with zero attached hydrogens (tertiary/aromatic N) is 2. The minimum Gasteiger partial charge on any atom is -0.484 e. The Kier molecular flexibility index (Phi) is 6.46. The van der Waals surface area contributed by atoms with Crippen LogP contribution in [0, 0.1) is 10.1 Å². The molecule has 0 aliphatic carbocycles. The lowest BCUT2D eigenvalue weighted by atomic mass is 9.88. The fourth-order valence-corrected chi connectivity index (χ4v) is 3.72. The van der Waals surface area contributed by atoms with E-state index in [0.717, 1.165) is 5.56 Å². The summed E-state index contributed by atoms with van der Waals surface area (Å²) in [6.45, 7) is 9.49. The molecule has 3 rings (SSSR count). The molecule has 0 saturated carbocycles. The molecule has 0 saturated heterocycles. The molecule has 0 fully saturated rings. The summed E-state index contributed by atoms with van der Waals surface area (Å²) >= 11 is 0. The third-order valence-electron chi connectivity index (χ3n) is 5.61. The third kappa shape index (κ3) is 5.02. The van der Waals surface area contributed by atoms with E-state index in [1.807, 2.05) is 51.1 Å². The van der Waals surface area contributed by atoms with Crippen molar-refractivity contribution < 1.29 is 24.3 Å². The number of aliphatic hydroxyl groups excluding tert-OH is 1. The van der Waals surface area contributed by atoms with Gasteiger partial charge in [0.25, 0.3) is 5.69 Å². The van der Waals surface area contributed by atoms with Gasteiger partial charge in [-0.05, 0) is 52.7 Å². The first-order valence-corrected chi connectivity index (χ1v) is 10.6. The van der Waals surface area contributed by atoms with Gasteiger partial charge < -0.3 is 19.5 Å². The van der Waals surface area contributed by atoms with Crippen molar-refractivity contribution in [2.24, 2.45) is 0 Å². The van der Waals surface area contributed by atoms with Crippen molar-refractivity contribution in [3.8, 4) is 5.75 Å². The van der Waals surface area contributed by atoms with Gasteiger partial charge in [0.05, 0.1) is 11.0 Å². The van der Waals surface area contributed by atoms with Crippen molar-refractivity contribution in [3.05, 3.63) is 69.8 Å². The highest BCUT2D eigenvalue weighted by atomic mass is 16.6. The van der Waals surface area contributed by atoms with Crippen molar-refractivity contribution in [3.63, 3.8) is 0 Å². The number of non-ortho nitro benzene ring substituents is 1. The highest BCUT2D eigenvalue weighted by Gasteiger charge is 2.46. The summed E-state index contributed by atoms with van der Waals surface area (Å²) < 4.78 is 11.6. The number of nitro groups is 1. The number of aliphatic hydroxyl groups is 1. The summed E-state index contributed by atoms with van der Waals surface area (Å²) in [5.74, 6) is 0.221. The normalized spacial score (nSPS) is 19.4. The number of ether oxygens (including phenoxy) is 2. The molecule has 1 aliphatic heterocycles. The van der Waals surface area contributed by atoms with Gasteiger partial charge in [-0.15, -0.1) is 0 Å².